The van der Waals surface area contributed by atoms with Crippen molar-refractivity contribution in [3.63, 3.8) is 0 Å². The third kappa shape index (κ3) is 6.15. The van der Waals surface area contributed by atoms with Gasteiger partial charge in [-0.3, -0.25) is 0 Å². The molecule has 7 heavy (non-hydrogen) atoms. The third-order valence-corrected chi connectivity index (χ3v) is 0.418. The van der Waals surface area contributed by atoms with Gasteiger partial charge in [0.2, 0.25) is 0 Å². The Morgan fingerprint density at radius 3 is 2.29 bits per heavy atom. The van der Waals surface area contributed by atoms with E-state index in [-0.39, 0.29) is 0 Å². The van der Waals surface area contributed by atoms with Crippen LogP contribution in [-0.2, 0) is 0 Å². The first-order valence-corrected chi connectivity index (χ1v) is 2.17. The van der Waals surface area contributed by atoms with Crippen molar-refractivity contribution in [1.29, 1.82) is 0 Å². The molecule has 5 nitrogen and oxygen atoms in total. The van der Waals surface area contributed by atoms with Crippen molar-refractivity contribution in [3.8, 4) is 0 Å². The molecule has 0 aliphatic rings. The predicted octanol–water partition coefficient (Wildman–Crippen LogP) is -1.93. The van der Waals surface area contributed by atoms with Gasteiger partial charge in [-0.1, -0.05) is 12.8 Å². The fraction of sp³-hybridized carbons (Fsp3) is 1.00. The van der Waals surface area contributed by atoms with Crippen LogP contribution in [0.2, 0.25) is 0 Å². The summed E-state index contributed by atoms with van der Waals surface area (Å²) in [5, 5.41) is 0. The normalized spacial score (nSPS) is 9.43. The molecule has 0 aromatic carbocycles. The van der Waals surface area contributed by atoms with Crippen molar-refractivity contribution in [1.82, 2.24) is 26.9 Å². The van der Waals surface area contributed by atoms with Crippen LogP contribution < -0.4 is 26.9 Å². The van der Waals surface area contributed by atoms with Gasteiger partial charge in [0, 0.05) is 0 Å². The smallest absolute Gasteiger partial charge is 0.000111 e. The topological polar surface area (TPSA) is 60.1 Å². The minimum atomic E-state index is 1.73. The van der Waals surface area contributed by atoms with Gasteiger partial charge in [0.1, 0.15) is 0 Å². The molecule has 0 aromatic heterocycles. The molecule has 0 aliphatic heterocycles. The van der Waals surface area contributed by atoms with E-state index in [1.165, 1.54) is 0 Å². The van der Waals surface area contributed by atoms with Crippen molar-refractivity contribution in [2.24, 2.45) is 0 Å². The van der Waals surface area contributed by atoms with Crippen LogP contribution in [0.3, 0.4) is 0 Å². The monoisotopic (exact) mass is 123 g/mol. The Morgan fingerprint density at radius 2 is 1.86 bits per heavy atom. The molecular formula is CH9N5S. The molecule has 0 unspecified atom stereocenters. The number of hydrazine groups is 4. The van der Waals surface area contributed by atoms with Crippen molar-refractivity contribution in [2.45, 2.75) is 0 Å². The predicted molar refractivity (Wildman–Crippen MR) is 30.6 cm³/mol. The molecule has 0 heterocycles. The van der Waals surface area contributed by atoms with Crippen molar-refractivity contribution < 1.29 is 0 Å². The minimum absolute atomic E-state index is 1.73. The molecule has 0 bridgehead atoms. The second-order valence-electron chi connectivity index (χ2n) is 0.737. The van der Waals surface area contributed by atoms with Gasteiger partial charge in [-0.25, -0.2) is 5.43 Å². The lowest BCUT2D eigenvalue weighted by atomic mass is 11.5. The van der Waals surface area contributed by atoms with Crippen LogP contribution >= 0.6 is 12.8 Å². The van der Waals surface area contributed by atoms with E-state index in [0.717, 1.165) is 0 Å². The van der Waals surface area contributed by atoms with E-state index in [0.29, 0.717) is 0 Å². The molecule has 0 rings (SSSR count). The van der Waals surface area contributed by atoms with Gasteiger partial charge >= 0.3 is 0 Å². The van der Waals surface area contributed by atoms with E-state index >= 15 is 0 Å². The molecule has 44 valence electrons. The molecule has 0 saturated heterocycles. The molecule has 5 N–H and O–H groups in total. The maximum Gasteiger partial charge on any atom is -0.000111 e. The summed E-state index contributed by atoms with van der Waals surface area (Å²) >= 11 is 3.60. The van der Waals surface area contributed by atoms with Crippen LogP contribution in [0.25, 0.3) is 0 Å². The quantitative estimate of drug-likeness (QED) is 0.149. The summed E-state index contributed by atoms with van der Waals surface area (Å²) in [5.41, 5.74) is 10.1. The molecule has 0 atom stereocenters. The lowest BCUT2D eigenvalue weighted by molar-refractivity contribution is 0.384. The summed E-state index contributed by atoms with van der Waals surface area (Å²) in [6.07, 6.45) is 0. The fourth-order valence-electron chi connectivity index (χ4n) is 0.122. The average molecular weight is 123 g/mol. The SMILES string of the molecule is CNNNNNS. The average Bonchev–Trinajstić information content (AvgIpc) is 1.69. The Hall–Kier alpha value is 0.150. The Bertz CT molecular complexity index is 27.3. The van der Waals surface area contributed by atoms with Gasteiger partial charge in [0.05, 0.1) is 0 Å². The summed E-state index contributed by atoms with van der Waals surface area (Å²) in [4.78, 5) is 2.33. The van der Waals surface area contributed by atoms with E-state index in [2.05, 4.69) is 39.7 Å². The summed E-state index contributed by atoms with van der Waals surface area (Å²) in [7, 11) is 1.73. The van der Waals surface area contributed by atoms with Crippen molar-refractivity contribution >= 4 is 12.8 Å². The standard InChI is InChI=1S/CH9N5S/c1-2-3-4-5-6-7/h2-7H,1H3. The lowest BCUT2D eigenvalue weighted by Gasteiger charge is -2.02. The Balaban J connectivity index is 2.45. The number of hydrogen-bond acceptors (Lipinski definition) is 6. The van der Waals surface area contributed by atoms with E-state index in [1.807, 2.05) is 0 Å². The van der Waals surface area contributed by atoms with Gasteiger partial charge < -0.3 is 0 Å². The molecule has 0 fully saturated rings. The van der Waals surface area contributed by atoms with Gasteiger partial charge in [0.25, 0.3) is 0 Å². The molecule has 0 saturated carbocycles. The number of thiol groups is 1. The second kappa shape index (κ2) is 6.15. The van der Waals surface area contributed by atoms with Gasteiger partial charge in [0.15, 0.2) is 0 Å². The Kier molecular flexibility index (Phi) is 6.28. The van der Waals surface area contributed by atoms with Crippen molar-refractivity contribution in [2.75, 3.05) is 7.05 Å². The van der Waals surface area contributed by atoms with Crippen LogP contribution in [-0.4, -0.2) is 7.05 Å². The number of rotatable bonds is 4. The molecule has 0 amide bonds. The zero-order chi connectivity index (χ0) is 5.54. The maximum absolute atomic E-state index is 3.60. The zero-order valence-electron chi connectivity index (χ0n) is 3.95. The molecule has 0 aliphatic carbocycles. The first-order chi connectivity index (χ1) is 3.41. The number of hydrogen-bond donors (Lipinski definition) is 6. The third-order valence-electron chi connectivity index (χ3n) is 0.306. The number of nitrogens with one attached hydrogen (secondary N) is 5. The first-order valence-electron chi connectivity index (χ1n) is 1.72. The lowest BCUT2D eigenvalue weighted by Crippen LogP contribution is -2.52. The van der Waals surface area contributed by atoms with Gasteiger partial charge in [-0.15, -0.1) is 0 Å². The molecule has 0 aromatic rings. The van der Waals surface area contributed by atoms with Gasteiger partial charge in [-0.05, 0) is 7.05 Å². The highest BCUT2D eigenvalue weighted by molar-refractivity contribution is 7.78. The van der Waals surface area contributed by atoms with E-state index in [1.54, 1.807) is 7.05 Å². The summed E-state index contributed by atoms with van der Waals surface area (Å²) in [6, 6.07) is 0. The molecule has 0 radical (unpaired) electrons. The molecule has 0 spiro atoms. The van der Waals surface area contributed by atoms with E-state index in [4.69, 9.17) is 0 Å². The van der Waals surface area contributed by atoms with Crippen molar-refractivity contribution in [3.05, 3.63) is 0 Å². The second-order valence-corrected chi connectivity index (χ2v) is 0.960. The van der Waals surface area contributed by atoms with E-state index < -0.39 is 0 Å². The minimum Gasteiger partial charge on any atom is -0.246 e. The molecule has 6 heteroatoms. The largest absolute Gasteiger partial charge is 0.246 e. The van der Waals surface area contributed by atoms with Crippen LogP contribution in [0.1, 0.15) is 0 Å². The summed E-state index contributed by atoms with van der Waals surface area (Å²) < 4.78 is 0. The van der Waals surface area contributed by atoms with Crippen LogP contribution in [0, 0.1) is 0 Å². The first kappa shape index (κ1) is 7.15. The van der Waals surface area contributed by atoms with Crippen LogP contribution in [0.4, 0.5) is 0 Å². The van der Waals surface area contributed by atoms with Gasteiger partial charge in [-0.2, -0.15) is 21.4 Å². The van der Waals surface area contributed by atoms with Crippen LogP contribution in [0.15, 0.2) is 0 Å². The highest BCUT2D eigenvalue weighted by atomic mass is 32.1. The fourth-order valence-corrected chi connectivity index (χ4v) is 0.178. The van der Waals surface area contributed by atoms with E-state index in [9.17, 15) is 0 Å². The highest BCUT2D eigenvalue weighted by Gasteiger charge is 1.68. The maximum atomic E-state index is 3.60. The Morgan fingerprint density at radius 1 is 1.14 bits per heavy atom. The Labute approximate surface area is 47.7 Å². The zero-order valence-corrected chi connectivity index (χ0v) is 4.84. The summed E-state index contributed by atoms with van der Waals surface area (Å²) in [6.45, 7) is 0. The highest BCUT2D eigenvalue weighted by Crippen LogP contribution is 1.39. The van der Waals surface area contributed by atoms with Crippen LogP contribution in [0.5, 0.6) is 0 Å². The molecular weight excluding hydrogens is 114 g/mol. The summed E-state index contributed by atoms with van der Waals surface area (Å²) in [5.74, 6) is 0.